The summed E-state index contributed by atoms with van der Waals surface area (Å²) in [7, 11) is 1.28. The predicted molar refractivity (Wildman–Crippen MR) is 76.1 cm³/mol. The van der Waals surface area contributed by atoms with Crippen molar-refractivity contribution in [2.75, 3.05) is 7.05 Å². The third-order valence-electron chi connectivity index (χ3n) is 1.92. The molecule has 0 aliphatic heterocycles. The number of alkyl halides is 3. The lowest BCUT2D eigenvalue weighted by Crippen LogP contribution is -2.44. The molecule has 116 valence electrons. The van der Waals surface area contributed by atoms with Crippen LogP contribution in [0.15, 0.2) is 37.1 Å². The molecule has 20 heavy (non-hydrogen) atoms. The minimum atomic E-state index is -4.52. The zero-order valence-corrected chi connectivity index (χ0v) is 12.2. The van der Waals surface area contributed by atoms with Crippen molar-refractivity contribution in [2.24, 2.45) is 0 Å². The molecule has 0 aliphatic carbocycles. The van der Waals surface area contributed by atoms with E-state index in [9.17, 15) is 18.0 Å². The number of halogens is 3. The van der Waals surface area contributed by atoms with Crippen LogP contribution < -0.4 is 10.6 Å². The molecule has 1 atom stereocenters. The number of amides is 1. The van der Waals surface area contributed by atoms with E-state index < -0.39 is 24.5 Å². The maximum absolute atomic E-state index is 12.6. The van der Waals surface area contributed by atoms with E-state index in [0.29, 0.717) is 0 Å². The average Bonchev–Trinajstić information content (AvgIpc) is 2.36. The van der Waals surface area contributed by atoms with Gasteiger partial charge in [-0.3, -0.25) is 4.79 Å². The Balaban J connectivity index is 0. The molecule has 0 rings (SSSR count). The molecule has 0 spiro atoms. The first-order valence-electron chi connectivity index (χ1n) is 6.25. The SMILES string of the molecule is C=C/C=C(\C=C)NC(CC(=O)NC)C(F)(F)F.CCC. The molecule has 3 nitrogen and oxygen atoms in total. The quantitative estimate of drug-likeness (QED) is 0.737. The lowest BCUT2D eigenvalue weighted by atomic mass is 10.1. The highest BCUT2D eigenvalue weighted by molar-refractivity contribution is 5.76. The Hall–Kier alpha value is -1.72. The van der Waals surface area contributed by atoms with Gasteiger partial charge >= 0.3 is 6.18 Å². The van der Waals surface area contributed by atoms with Crippen molar-refractivity contribution in [1.82, 2.24) is 10.6 Å². The van der Waals surface area contributed by atoms with Crippen molar-refractivity contribution < 1.29 is 18.0 Å². The molecule has 0 saturated heterocycles. The maximum Gasteiger partial charge on any atom is 0.409 e. The minimum Gasteiger partial charge on any atom is -0.374 e. The summed E-state index contributed by atoms with van der Waals surface area (Å²) in [6.07, 6.45) is -0.0602. The highest BCUT2D eigenvalue weighted by Crippen LogP contribution is 2.23. The van der Waals surface area contributed by atoms with Gasteiger partial charge in [-0.25, -0.2) is 0 Å². The van der Waals surface area contributed by atoms with Crippen LogP contribution in [-0.4, -0.2) is 25.2 Å². The summed E-state index contributed by atoms with van der Waals surface area (Å²) in [5.41, 5.74) is 0.159. The Morgan fingerprint density at radius 2 is 1.80 bits per heavy atom. The molecule has 6 heteroatoms. The van der Waals surface area contributed by atoms with Crippen LogP contribution in [0.3, 0.4) is 0 Å². The zero-order valence-electron chi connectivity index (χ0n) is 12.2. The lowest BCUT2D eigenvalue weighted by molar-refractivity contribution is -0.159. The zero-order chi connectivity index (χ0) is 16.2. The second kappa shape index (κ2) is 11.1. The number of hydrogen-bond acceptors (Lipinski definition) is 2. The second-order valence-electron chi connectivity index (χ2n) is 3.88. The first kappa shape index (κ1) is 20.6. The first-order chi connectivity index (χ1) is 9.26. The van der Waals surface area contributed by atoms with Crippen molar-refractivity contribution >= 4 is 5.91 Å². The maximum atomic E-state index is 12.6. The van der Waals surface area contributed by atoms with Gasteiger partial charge in [0, 0.05) is 12.7 Å². The van der Waals surface area contributed by atoms with Gasteiger partial charge in [-0.2, -0.15) is 13.2 Å². The van der Waals surface area contributed by atoms with Crippen molar-refractivity contribution in [3.8, 4) is 0 Å². The van der Waals surface area contributed by atoms with Crippen molar-refractivity contribution in [3.63, 3.8) is 0 Å². The molecule has 0 heterocycles. The third kappa shape index (κ3) is 10.2. The topological polar surface area (TPSA) is 41.1 Å². The van der Waals surface area contributed by atoms with Crippen LogP contribution in [0.2, 0.25) is 0 Å². The van der Waals surface area contributed by atoms with Gasteiger partial charge in [0.2, 0.25) is 5.91 Å². The van der Waals surface area contributed by atoms with E-state index in [4.69, 9.17) is 0 Å². The molecule has 0 aromatic rings. The molecule has 0 saturated carbocycles. The molecule has 0 aliphatic rings. The van der Waals surface area contributed by atoms with E-state index in [0.717, 1.165) is 0 Å². The van der Waals surface area contributed by atoms with E-state index in [1.165, 1.54) is 31.7 Å². The molecule has 0 aromatic carbocycles. The summed E-state index contributed by atoms with van der Waals surface area (Å²) < 4.78 is 37.9. The molecule has 0 bridgehead atoms. The van der Waals surface area contributed by atoms with Gasteiger partial charge in [0.1, 0.15) is 6.04 Å². The molecule has 0 fully saturated rings. The van der Waals surface area contributed by atoms with Gasteiger partial charge in [0.25, 0.3) is 0 Å². The summed E-state index contributed by atoms with van der Waals surface area (Å²) >= 11 is 0. The normalized spacial score (nSPS) is 12.6. The van der Waals surface area contributed by atoms with Gasteiger partial charge in [0.15, 0.2) is 0 Å². The van der Waals surface area contributed by atoms with Gasteiger partial charge in [-0.05, 0) is 12.2 Å². The lowest BCUT2D eigenvalue weighted by Gasteiger charge is -2.22. The van der Waals surface area contributed by atoms with Gasteiger partial charge in [-0.15, -0.1) is 0 Å². The fraction of sp³-hybridized carbons (Fsp3) is 0.500. The molecule has 2 N–H and O–H groups in total. The van der Waals surface area contributed by atoms with Gasteiger partial charge in [0.05, 0.1) is 6.42 Å². The third-order valence-corrected chi connectivity index (χ3v) is 1.92. The summed E-state index contributed by atoms with van der Waals surface area (Å²) in [6.45, 7) is 11.0. The highest BCUT2D eigenvalue weighted by Gasteiger charge is 2.40. The number of hydrogen-bond donors (Lipinski definition) is 2. The Morgan fingerprint density at radius 3 is 2.10 bits per heavy atom. The van der Waals surface area contributed by atoms with Crippen LogP contribution in [0, 0.1) is 0 Å². The molecular formula is C14H23F3N2O. The predicted octanol–water partition coefficient (Wildman–Crippen LogP) is 3.32. The monoisotopic (exact) mass is 292 g/mol. The van der Waals surface area contributed by atoms with E-state index in [1.807, 2.05) is 0 Å². The van der Waals surface area contributed by atoms with E-state index in [2.05, 4.69) is 37.6 Å². The van der Waals surface area contributed by atoms with Crippen molar-refractivity contribution in [2.45, 2.75) is 38.9 Å². The van der Waals surface area contributed by atoms with Crippen molar-refractivity contribution in [3.05, 3.63) is 37.1 Å². The summed E-state index contributed by atoms with van der Waals surface area (Å²) in [4.78, 5) is 11.0. The largest absolute Gasteiger partial charge is 0.409 e. The van der Waals surface area contributed by atoms with Crippen LogP contribution in [0.5, 0.6) is 0 Å². The van der Waals surface area contributed by atoms with E-state index in [-0.39, 0.29) is 5.70 Å². The van der Waals surface area contributed by atoms with Crippen LogP contribution >= 0.6 is 0 Å². The molecule has 1 unspecified atom stereocenters. The highest BCUT2D eigenvalue weighted by atomic mass is 19.4. The van der Waals surface area contributed by atoms with Crippen LogP contribution in [-0.2, 0) is 4.79 Å². The average molecular weight is 292 g/mol. The number of carbonyl (C=O) groups is 1. The van der Waals surface area contributed by atoms with Crippen molar-refractivity contribution in [1.29, 1.82) is 0 Å². The number of allylic oxidation sites excluding steroid dienone is 3. The standard InChI is InChI=1S/C11H15F3N2O.C3H8/c1-4-6-8(5-2)16-9(11(12,13)14)7-10(17)15-3;1-3-2/h4-6,9,16H,1-2,7H2,3H3,(H,15,17);3H2,1-2H3/b8-6+;. The van der Waals surface area contributed by atoms with Crippen LogP contribution in [0.25, 0.3) is 0 Å². The Labute approximate surface area is 118 Å². The summed E-state index contributed by atoms with van der Waals surface area (Å²) in [5, 5.41) is 4.34. The molecule has 0 aromatic heterocycles. The Kier molecular flexibility index (Phi) is 11.5. The first-order valence-corrected chi connectivity index (χ1v) is 6.25. The van der Waals surface area contributed by atoms with E-state index in [1.54, 1.807) is 0 Å². The van der Waals surface area contributed by atoms with Gasteiger partial charge in [-0.1, -0.05) is 39.5 Å². The number of rotatable bonds is 6. The Bertz CT molecular complexity index is 336. The summed E-state index contributed by atoms with van der Waals surface area (Å²) in [5.74, 6) is -0.693. The molecular weight excluding hydrogens is 269 g/mol. The fourth-order valence-corrected chi connectivity index (χ4v) is 1.04. The molecule has 0 radical (unpaired) electrons. The van der Waals surface area contributed by atoms with Crippen LogP contribution in [0.4, 0.5) is 13.2 Å². The van der Waals surface area contributed by atoms with E-state index >= 15 is 0 Å². The number of carbonyl (C=O) groups excluding carboxylic acids is 1. The number of nitrogens with one attached hydrogen (secondary N) is 2. The molecule has 1 amide bonds. The van der Waals surface area contributed by atoms with Crippen LogP contribution in [0.1, 0.15) is 26.7 Å². The smallest absolute Gasteiger partial charge is 0.374 e. The second-order valence-corrected chi connectivity index (χ2v) is 3.88. The fourth-order valence-electron chi connectivity index (χ4n) is 1.04. The Morgan fingerprint density at radius 1 is 1.30 bits per heavy atom. The minimum absolute atomic E-state index is 0.159. The summed E-state index contributed by atoms with van der Waals surface area (Å²) in [6, 6.07) is -1.95. The van der Waals surface area contributed by atoms with Gasteiger partial charge < -0.3 is 10.6 Å².